The van der Waals surface area contributed by atoms with Gasteiger partial charge >= 0.3 is 5.97 Å². The van der Waals surface area contributed by atoms with E-state index in [0.29, 0.717) is 12.1 Å². The molecule has 1 atom stereocenters. The third-order valence-electron chi connectivity index (χ3n) is 4.14. The van der Waals surface area contributed by atoms with Crippen LogP contribution >= 0.6 is 0 Å². The van der Waals surface area contributed by atoms with E-state index in [2.05, 4.69) is 4.72 Å². The van der Waals surface area contributed by atoms with Crippen LogP contribution in [0.15, 0.2) is 23.1 Å². The Morgan fingerprint density at radius 3 is 2.73 bits per heavy atom. The zero-order valence-electron chi connectivity index (χ0n) is 14.9. The quantitative estimate of drug-likeness (QED) is 0.715. The molecule has 144 valence electrons. The number of nitrogens with one attached hydrogen (secondary N) is 1. The predicted octanol–water partition coefficient (Wildman–Crippen LogP) is 0.674. The maximum atomic E-state index is 12.4. The van der Waals surface area contributed by atoms with Crippen molar-refractivity contribution in [3.8, 4) is 0 Å². The van der Waals surface area contributed by atoms with E-state index in [-0.39, 0.29) is 43.3 Å². The van der Waals surface area contributed by atoms with Gasteiger partial charge in [-0.3, -0.25) is 9.59 Å². The monoisotopic (exact) mass is 384 g/mol. The summed E-state index contributed by atoms with van der Waals surface area (Å²) in [6.07, 6.45) is -0.690. The number of aryl methyl sites for hydroxylation is 2. The number of nitrogens with zero attached hydrogens (tertiary/aromatic N) is 1. The molecule has 0 aliphatic carbocycles. The predicted molar refractivity (Wildman–Crippen MR) is 94.3 cm³/mol. The van der Waals surface area contributed by atoms with Crippen molar-refractivity contribution in [3.63, 3.8) is 0 Å². The van der Waals surface area contributed by atoms with Gasteiger partial charge in [0.1, 0.15) is 0 Å². The minimum absolute atomic E-state index is 0.00390. The fourth-order valence-corrected chi connectivity index (χ4v) is 4.15. The largest absolute Gasteiger partial charge is 0.481 e. The first-order valence-electron chi connectivity index (χ1n) is 8.37. The second-order valence-corrected chi connectivity index (χ2v) is 8.08. The van der Waals surface area contributed by atoms with Crippen LogP contribution in [0.5, 0.6) is 0 Å². The molecule has 0 saturated carbocycles. The van der Waals surface area contributed by atoms with Crippen LogP contribution in [-0.2, 0) is 24.3 Å². The molecule has 9 heteroatoms. The number of hydrogen-bond donors (Lipinski definition) is 2. The first kappa shape index (κ1) is 20.3. The van der Waals surface area contributed by atoms with Crippen LogP contribution in [0.2, 0.25) is 0 Å². The summed E-state index contributed by atoms with van der Waals surface area (Å²) in [6.45, 7) is 4.44. The van der Waals surface area contributed by atoms with Crippen LogP contribution in [0.1, 0.15) is 24.0 Å². The molecule has 0 bridgehead atoms. The van der Waals surface area contributed by atoms with Gasteiger partial charge < -0.3 is 14.7 Å². The van der Waals surface area contributed by atoms with E-state index < -0.39 is 22.1 Å². The third kappa shape index (κ3) is 5.52. The van der Waals surface area contributed by atoms with Crippen molar-refractivity contribution in [2.45, 2.75) is 37.7 Å². The number of benzene rings is 1. The molecule has 8 nitrogen and oxygen atoms in total. The van der Waals surface area contributed by atoms with E-state index in [1.165, 1.54) is 4.90 Å². The topological polar surface area (TPSA) is 113 Å². The Hall–Kier alpha value is -1.97. The highest BCUT2D eigenvalue weighted by molar-refractivity contribution is 7.89. The van der Waals surface area contributed by atoms with E-state index in [9.17, 15) is 18.0 Å². The van der Waals surface area contributed by atoms with E-state index >= 15 is 0 Å². The maximum Gasteiger partial charge on any atom is 0.306 e. The van der Waals surface area contributed by atoms with Crippen molar-refractivity contribution < 1.29 is 27.9 Å². The Bertz CT molecular complexity index is 777. The number of ether oxygens (including phenoxy) is 1. The van der Waals surface area contributed by atoms with Crippen molar-refractivity contribution in [2.24, 2.45) is 0 Å². The van der Waals surface area contributed by atoms with Gasteiger partial charge in [-0.25, -0.2) is 13.1 Å². The number of carboxylic acids is 1. The summed E-state index contributed by atoms with van der Waals surface area (Å²) >= 11 is 0. The number of rotatable bonds is 7. The second-order valence-electron chi connectivity index (χ2n) is 6.35. The van der Waals surface area contributed by atoms with Gasteiger partial charge in [0, 0.05) is 26.1 Å². The molecule has 0 unspecified atom stereocenters. The van der Waals surface area contributed by atoms with Crippen LogP contribution in [-0.4, -0.2) is 62.6 Å². The highest BCUT2D eigenvalue weighted by Crippen LogP contribution is 2.16. The molecule has 0 aromatic heterocycles. The molecule has 1 heterocycles. The van der Waals surface area contributed by atoms with Gasteiger partial charge in [-0.1, -0.05) is 17.7 Å². The molecule has 1 fully saturated rings. The van der Waals surface area contributed by atoms with E-state index in [0.717, 1.165) is 5.56 Å². The molecule has 1 aliphatic rings. The molecule has 1 aromatic rings. The highest BCUT2D eigenvalue weighted by atomic mass is 32.2. The lowest BCUT2D eigenvalue weighted by Gasteiger charge is -2.32. The van der Waals surface area contributed by atoms with Crippen molar-refractivity contribution >= 4 is 21.9 Å². The van der Waals surface area contributed by atoms with Gasteiger partial charge in [-0.2, -0.15) is 0 Å². The summed E-state index contributed by atoms with van der Waals surface area (Å²) < 4.78 is 32.5. The van der Waals surface area contributed by atoms with Crippen LogP contribution in [0.25, 0.3) is 0 Å². The Labute approximate surface area is 153 Å². The summed E-state index contributed by atoms with van der Waals surface area (Å²) in [5.74, 6) is -1.21. The molecule has 2 N–H and O–H groups in total. The SMILES string of the molecule is Cc1ccc(S(=O)(=O)NCCC(=O)N2CCO[C@@H](CC(=O)O)C2)c(C)c1. The summed E-state index contributed by atoms with van der Waals surface area (Å²) in [5.41, 5.74) is 1.62. The van der Waals surface area contributed by atoms with Crippen LogP contribution in [0.4, 0.5) is 0 Å². The first-order chi connectivity index (χ1) is 12.2. The average Bonchev–Trinajstić information content (AvgIpc) is 2.53. The van der Waals surface area contributed by atoms with Crippen molar-refractivity contribution in [3.05, 3.63) is 29.3 Å². The summed E-state index contributed by atoms with van der Waals surface area (Å²) in [5, 5.41) is 8.81. The molecule has 0 spiro atoms. The average molecular weight is 384 g/mol. The number of carbonyl (C=O) groups is 2. The van der Waals surface area contributed by atoms with E-state index in [1.807, 2.05) is 6.92 Å². The summed E-state index contributed by atoms with van der Waals surface area (Å²) in [6, 6.07) is 5.06. The van der Waals surface area contributed by atoms with Crippen LogP contribution < -0.4 is 4.72 Å². The zero-order chi connectivity index (χ0) is 19.3. The van der Waals surface area contributed by atoms with Gasteiger partial charge in [-0.15, -0.1) is 0 Å². The fourth-order valence-electron chi connectivity index (χ4n) is 2.89. The number of amides is 1. The van der Waals surface area contributed by atoms with Gasteiger partial charge in [0.05, 0.1) is 24.0 Å². The van der Waals surface area contributed by atoms with Gasteiger partial charge in [-0.05, 0) is 25.5 Å². The molecular weight excluding hydrogens is 360 g/mol. The number of hydrogen-bond acceptors (Lipinski definition) is 5. The standard InChI is InChI=1S/C17H24N2O6S/c1-12-3-4-15(13(2)9-12)26(23,24)18-6-5-16(20)19-7-8-25-14(11-19)10-17(21)22/h3-4,9,14,18H,5-8,10-11H2,1-2H3,(H,21,22)/t14-/m0/s1. The Kier molecular flexibility index (Phi) is 6.74. The first-order valence-corrected chi connectivity index (χ1v) is 9.85. The number of carboxylic acid groups (broad SMARTS) is 1. The normalized spacial score (nSPS) is 17.9. The molecule has 26 heavy (non-hydrogen) atoms. The van der Waals surface area contributed by atoms with Crippen LogP contribution in [0, 0.1) is 13.8 Å². The molecule has 0 radical (unpaired) electrons. The molecular formula is C17H24N2O6S. The Morgan fingerprint density at radius 2 is 2.08 bits per heavy atom. The van der Waals surface area contributed by atoms with E-state index in [4.69, 9.17) is 9.84 Å². The Morgan fingerprint density at radius 1 is 1.35 bits per heavy atom. The Balaban J connectivity index is 1.88. The van der Waals surface area contributed by atoms with E-state index in [1.54, 1.807) is 25.1 Å². The molecule has 1 amide bonds. The van der Waals surface area contributed by atoms with Crippen LogP contribution in [0.3, 0.4) is 0 Å². The van der Waals surface area contributed by atoms with Crippen molar-refractivity contribution in [1.82, 2.24) is 9.62 Å². The third-order valence-corrected chi connectivity index (χ3v) is 5.77. The van der Waals surface area contributed by atoms with Crippen molar-refractivity contribution in [2.75, 3.05) is 26.2 Å². The minimum atomic E-state index is -3.68. The number of morpholine rings is 1. The lowest BCUT2D eigenvalue weighted by Crippen LogP contribution is -2.47. The lowest BCUT2D eigenvalue weighted by molar-refractivity contribution is -0.147. The highest BCUT2D eigenvalue weighted by Gasteiger charge is 2.26. The van der Waals surface area contributed by atoms with Gasteiger partial charge in [0.25, 0.3) is 0 Å². The molecule has 1 saturated heterocycles. The molecule has 2 rings (SSSR count). The number of sulfonamides is 1. The minimum Gasteiger partial charge on any atom is -0.481 e. The smallest absolute Gasteiger partial charge is 0.306 e. The molecule has 1 aliphatic heterocycles. The number of carbonyl (C=O) groups excluding carboxylic acids is 1. The van der Waals surface area contributed by atoms with Gasteiger partial charge in [0.2, 0.25) is 15.9 Å². The second kappa shape index (κ2) is 8.61. The summed E-state index contributed by atoms with van der Waals surface area (Å²) in [7, 11) is -3.68. The maximum absolute atomic E-state index is 12.4. The lowest BCUT2D eigenvalue weighted by atomic mass is 10.2. The zero-order valence-corrected chi connectivity index (χ0v) is 15.7. The summed E-state index contributed by atoms with van der Waals surface area (Å²) in [4.78, 5) is 24.7. The van der Waals surface area contributed by atoms with Gasteiger partial charge in [0.15, 0.2) is 0 Å². The molecule has 1 aromatic carbocycles. The number of aliphatic carboxylic acids is 1. The van der Waals surface area contributed by atoms with Crippen molar-refractivity contribution in [1.29, 1.82) is 0 Å². The fraction of sp³-hybridized carbons (Fsp3) is 0.529.